The number of anilines is 2. The zero-order valence-corrected chi connectivity index (χ0v) is 40.5. The molecule has 0 bridgehead atoms. The van der Waals surface area contributed by atoms with Gasteiger partial charge in [-0.3, -0.25) is 19.2 Å². The van der Waals surface area contributed by atoms with E-state index in [2.05, 4.69) is 36.6 Å². The predicted octanol–water partition coefficient (Wildman–Crippen LogP) is 5.80. The average Bonchev–Trinajstić information content (AvgIpc) is 4.11. The van der Waals surface area contributed by atoms with E-state index < -0.39 is 22.9 Å². The van der Waals surface area contributed by atoms with Crippen LogP contribution in [0.15, 0.2) is 59.6 Å². The molecule has 2 fully saturated rings. The Balaban J connectivity index is 0.800. The number of nitrogens with one attached hydrogen (secondary N) is 5. The molecule has 358 valence electrons. The fourth-order valence-electron chi connectivity index (χ4n) is 8.40. The van der Waals surface area contributed by atoms with E-state index in [4.69, 9.17) is 19.2 Å². The third-order valence-electron chi connectivity index (χ3n) is 12.0. The molecule has 3 aromatic heterocycles. The molecule has 2 atom stereocenters. The van der Waals surface area contributed by atoms with E-state index >= 15 is 0 Å². The van der Waals surface area contributed by atoms with E-state index in [9.17, 15) is 19.2 Å². The van der Waals surface area contributed by atoms with Crippen LogP contribution in [0.3, 0.4) is 0 Å². The third kappa shape index (κ3) is 15.1. The number of likely N-dealkylation sites (tertiary alicyclic amines) is 1. The first kappa shape index (κ1) is 50.6. The van der Waals surface area contributed by atoms with E-state index in [1.807, 2.05) is 81.1 Å². The van der Waals surface area contributed by atoms with Gasteiger partial charge in [-0.05, 0) is 61.3 Å². The molecule has 1 unspecified atom stereocenters. The summed E-state index contributed by atoms with van der Waals surface area (Å²) in [5, 5.41) is 18.1. The summed E-state index contributed by atoms with van der Waals surface area (Å²) in [7, 11) is 0. The number of hydrogen-bond donors (Lipinski definition) is 5. The van der Waals surface area contributed by atoms with Crippen molar-refractivity contribution in [1.29, 1.82) is 0 Å². The Hall–Kier alpha value is -4.85. The number of carbonyl (C=O) groups excluding carboxylic acids is 4. The smallest absolute Gasteiger partial charge is 0.246 e. The van der Waals surface area contributed by atoms with Crippen LogP contribution < -0.4 is 26.6 Å². The van der Waals surface area contributed by atoms with Crippen molar-refractivity contribution in [2.75, 3.05) is 71.1 Å². The minimum absolute atomic E-state index is 0.0148. The Morgan fingerprint density at radius 1 is 0.864 bits per heavy atom. The quantitative estimate of drug-likeness (QED) is 0.0502. The van der Waals surface area contributed by atoms with Crippen LogP contribution in [0.25, 0.3) is 10.4 Å². The molecule has 0 spiro atoms. The third-order valence-corrected chi connectivity index (χ3v) is 13.6. The standard InChI is InChI=1S/C48H67N9O7S2/c1-34-41(66-33-53-34)36-15-13-35(14-16-36)31-52-43(59)38-11-9-22-57(38)44(60)42(47(2,3)4)56-40(58)32-49-19-23-62-25-27-64-28-26-63-24-20-50-45(61)48(17-6-5-7-18-48)30-37-10-8-12-39(54-37)55-46-51-21-29-65-46/h8,10,12-16,21,29,33,38,42,49H,5-7,9,11,17-20,22-28,30-32H2,1-4H3,(H,50,61)(H,52,59)(H,56,58)(H,51,54,55)/t38-,42?/m0/s1. The largest absolute Gasteiger partial charge is 0.378 e. The minimum atomic E-state index is -0.803. The average molecular weight is 946 g/mol. The second kappa shape index (κ2) is 25.3. The minimum Gasteiger partial charge on any atom is -0.378 e. The van der Waals surface area contributed by atoms with Gasteiger partial charge in [-0.2, -0.15) is 0 Å². The Kier molecular flexibility index (Phi) is 19.4. The number of pyridine rings is 1. The highest BCUT2D eigenvalue weighted by Crippen LogP contribution is 2.39. The van der Waals surface area contributed by atoms with E-state index in [0.29, 0.717) is 85.1 Å². The van der Waals surface area contributed by atoms with Gasteiger partial charge in [-0.15, -0.1) is 22.7 Å². The van der Waals surface area contributed by atoms with Crippen LogP contribution in [0, 0.1) is 17.8 Å². The Morgan fingerprint density at radius 2 is 1.59 bits per heavy atom. The van der Waals surface area contributed by atoms with Crippen molar-refractivity contribution in [2.24, 2.45) is 10.8 Å². The molecule has 1 aliphatic heterocycles. The van der Waals surface area contributed by atoms with E-state index in [0.717, 1.165) is 70.4 Å². The Labute approximate surface area is 396 Å². The van der Waals surface area contributed by atoms with Gasteiger partial charge >= 0.3 is 0 Å². The number of amides is 4. The molecule has 6 rings (SSSR count). The fraction of sp³-hybridized carbons (Fsp3) is 0.562. The summed E-state index contributed by atoms with van der Waals surface area (Å²) >= 11 is 3.11. The fourth-order valence-corrected chi connectivity index (χ4v) is 9.75. The lowest BCUT2D eigenvalue weighted by Gasteiger charge is -2.35. The van der Waals surface area contributed by atoms with Gasteiger partial charge in [0.05, 0.1) is 67.7 Å². The highest BCUT2D eigenvalue weighted by atomic mass is 32.1. The second-order valence-electron chi connectivity index (χ2n) is 18.0. The number of benzene rings is 1. The maximum atomic E-state index is 13.9. The lowest BCUT2D eigenvalue weighted by molar-refractivity contribution is -0.143. The van der Waals surface area contributed by atoms with Crippen LogP contribution in [0.1, 0.15) is 82.7 Å². The number of nitrogens with zero attached hydrogens (tertiary/aromatic N) is 4. The van der Waals surface area contributed by atoms with Gasteiger partial charge in [-0.1, -0.05) is 70.4 Å². The van der Waals surface area contributed by atoms with E-state index in [1.165, 1.54) is 11.3 Å². The first-order valence-electron chi connectivity index (χ1n) is 23.1. The molecule has 4 heterocycles. The number of ether oxygens (including phenoxy) is 3. The number of thiazole rings is 2. The number of aryl methyl sites for hydroxylation is 1. The normalized spacial score (nSPS) is 16.4. The summed E-state index contributed by atoms with van der Waals surface area (Å²) in [4.78, 5) is 70.0. The summed E-state index contributed by atoms with van der Waals surface area (Å²) in [6.45, 7) is 11.7. The van der Waals surface area contributed by atoms with Crippen molar-refractivity contribution < 1.29 is 33.4 Å². The van der Waals surface area contributed by atoms with Gasteiger partial charge in [0.1, 0.15) is 17.9 Å². The van der Waals surface area contributed by atoms with Crippen molar-refractivity contribution in [3.05, 3.63) is 76.5 Å². The van der Waals surface area contributed by atoms with Crippen LogP contribution in [0.5, 0.6) is 0 Å². The SMILES string of the molecule is Cc1ncsc1-c1ccc(CNC(=O)[C@@H]2CCCN2C(=O)C(NC(=O)CNCCOCCOCCOCCNC(=O)C2(Cc3cccc(Nc4nccs4)n3)CCCCC2)C(C)(C)C)cc1. The molecule has 2 aliphatic rings. The maximum Gasteiger partial charge on any atom is 0.246 e. The highest BCUT2D eigenvalue weighted by molar-refractivity contribution is 7.13. The Bertz CT molecular complexity index is 2140. The van der Waals surface area contributed by atoms with E-state index in [-0.39, 0.29) is 30.2 Å². The van der Waals surface area contributed by atoms with Gasteiger partial charge in [0.25, 0.3) is 0 Å². The molecule has 66 heavy (non-hydrogen) atoms. The molecule has 1 aromatic carbocycles. The maximum absolute atomic E-state index is 13.9. The van der Waals surface area contributed by atoms with Crippen LogP contribution in [-0.4, -0.2) is 121 Å². The molecule has 1 saturated carbocycles. The van der Waals surface area contributed by atoms with Crippen molar-refractivity contribution in [2.45, 2.75) is 97.7 Å². The van der Waals surface area contributed by atoms with Gasteiger partial charge in [-0.25, -0.2) is 15.0 Å². The first-order chi connectivity index (χ1) is 31.9. The van der Waals surface area contributed by atoms with Gasteiger partial charge in [0, 0.05) is 49.9 Å². The molecule has 16 nitrogen and oxygen atoms in total. The van der Waals surface area contributed by atoms with Crippen molar-refractivity contribution >= 4 is 57.3 Å². The zero-order chi connectivity index (χ0) is 46.8. The summed E-state index contributed by atoms with van der Waals surface area (Å²) in [6.07, 6.45) is 8.47. The van der Waals surface area contributed by atoms with Gasteiger partial charge in [0.15, 0.2) is 5.13 Å². The zero-order valence-electron chi connectivity index (χ0n) is 38.8. The van der Waals surface area contributed by atoms with Crippen LogP contribution in [0.2, 0.25) is 0 Å². The van der Waals surface area contributed by atoms with Gasteiger partial charge in [0.2, 0.25) is 23.6 Å². The Morgan fingerprint density at radius 3 is 2.27 bits per heavy atom. The van der Waals surface area contributed by atoms with Gasteiger partial charge < -0.3 is 45.7 Å². The summed E-state index contributed by atoms with van der Waals surface area (Å²) in [5.41, 5.74) is 4.70. The molecule has 4 amide bonds. The van der Waals surface area contributed by atoms with Crippen LogP contribution >= 0.6 is 22.7 Å². The predicted molar refractivity (Wildman–Crippen MR) is 257 cm³/mol. The van der Waals surface area contributed by atoms with Crippen molar-refractivity contribution in [1.82, 2.24) is 41.1 Å². The highest BCUT2D eigenvalue weighted by Gasteiger charge is 2.42. The number of rotatable bonds is 25. The van der Waals surface area contributed by atoms with Crippen molar-refractivity contribution in [3.63, 3.8) is 0 Å². The molecule has 5 N–H and O–H groups in total. The van der Waals surface area contributed by atoms with Crippen LogP contribution in [-0.2, 0) is 46.4 Å². The first-order valence-corrected chi connectivity index (χ1v) is 24.9. The number of hydrogen-bond acceptors (Lipinski definition) is 14. The van der Waals surface area contributed by atoms with E-state index in [1.54, 1.807) is 22.4 Å². The molecular formula is C48H67N9O7S2. The number of aromatic nitrogens is 3. The molecule has 18 heteroatoms. The summed E-state index contributed by atoms with van der Waals surface area (Å²) in [6, 6.07) is 12.5. The topological polar surface area (TPSA) is 198 Å². The number of carbonyl (C=O) groups is 4. The molecule has 4 aromatic rings. The summed E-state index contributed by atoms with van der Waals surface area (Å²) < 4.78 is 17.0. The van der Waals surface area contributed by atoms with Crippen molar-refractivity contribution in [3.8, 4) is 10.4 Å². The lowest BCUT2D eigenvalue weighted by Crippen LogP contribution is -2.58. The molecule has 1 saturated heterocycles. The second-order valence-corrected chi connectivity index (χ2v) is 19.8. The van der Waals surface area contributed by atoms with Crippen LogP contribution in [0.4, 0.5) is 10.9 Å². The molecule has 1 aliphatic carbocycles. The monoisotopic (exact) mass is 945 g/mol. The molecule has 0 radical (unpaired) electrons. The lowest BCUT2D eigenvalue weighted by atomic mass is 9.70. The summed E-state index contributed by atoms with van der Waals surface area (Å²) in [5.74, 6) is 0.0222. The molecular weight excluding hydrogens is 879 g/mol.